The first-order chi connectivity index (χ1) is 12.8. The van der Waals surface area contributed by atoms with Gasteiger partial charge in [0.1, 0.15) is 0 Å². The Hall–Kier alpha value is -2.59. The second-order valence-corrected chi connectivity index (χ2v) is 7.68. The Morgan fingerprint density at radius 1 is 0.538 bits per heavy atom. The highest BCUT2D eigenvalue weighted by Crippen LogP contribution is 2.35. The van der Waals surface area contributed by atoms with Gasteiger partial charge in [-0.2, -0.15) is 0 Å². The second-order valence-electron chi connectivity index (χ2n) is 6.43. The molecule has 0 unspecified atom stereocenters. The van der Waals surface area contributed by atoms with Crippen molar-refractivity contribution < 1.29 is 0 Å². The van der Waals surface area contributed by atoms with E-state index in [0.29, 0.717) is 0 Å². The van der Waals surface area contributed by atoms with Gasteiger partial charge in [0.15, 0.2) is 0 Å². The summed E-state index contributed by atoms with van der Waals surface area (Å²) in [6.45, 7) is 0. The number of nitrogens with zero attached hydrogens (tertiary/aromatic N) is 1. The lowest BCUT2D eigenvalue weighted by Crippen LogP contribution is -1.93. The zero-order chi connectivity index (χ0) is 17.5. The summed E-state index contributed by atoms with van der Waals surface area (Å²) in [6.07, 6.45) is 0. The van der Waals surface area contributed by atoms with Crippen molar-refractivity contribution >= 4 is 44.4 Å². The lowest BCUT2D eigenvalue weighted by Gasteiger charge is -2.08. The highest BCUT2D eigenvalue weighted by atomic mass is 127. The maximum atomic E-state index is 2.40. The van der Waals surface area contributed by atoms with Gasteiger partial charge in [-0.15, -0.1) is 0 Å². The van der Waals surface area contributed by atoms with Crippen LogP contribution >= 0.6 is 22.6 Å². The third-order valence-corrected chi connectivity index (χ3v) is 5.52. The number of para-hydroxylation sites is 1. The molecule has 1 nitrogen and oxygen atoms in total. The molecule has 0 aliphatic rings. The summed E-state index contributed by atoms with van der Waals surface area (Å²) in [5, 5.41) is 2.59. The molecule has 2 heteroatoms. The van der Waals surface area contributed by atoms with E-state index in [0.717, 1.165) is 0 Å². The van der Waals surface area contributed by atoms with Gasteiger partial charge in [0.25, 0.3) is 0 Å². The van der Waals surface area contributed by atoms with Crippen molar-refractivity contribution in [3.63, 3.8) is 0 Å². The van der Waals surface area contributed by atoms with Gasteiger partial charge in [0.05, 0.1) is 11.0 Å². The molecular weight excluding hydrogens is 429 g/mol. The SMILES string of the molecule is Ic1ccc2c(c1)c1cc(-c3ccccc3)ccc1n2-c1ccccc1. The first-order valence-corrected chi connectivity index (χ1v) is 9.74. The third kappa shape index (κ3) is 2.53. The minimum Gasteiger partial charge on any atom is -0.309 e. The fourth-order valence-electron chi connectivity index (χ4n) is 3.66. The normalized spacial score (nSPS) is 11.3. The maximum Gasteiger partial charge on any atom is 0.0541 e. The number of rotatable bonds is 2. The van der Waals surface area contributed by atoms with Crippen molar-refractivity contribution in [1.29, 1.82) is 0 Å². The predicted octanol–water partition coefficient (Wildman–Crippen LogP) is 7.06. The average Bonchev–Trinajstić information content (AvgIpc) is 3.02. The summed E-state index contributed by atoms with van der Waals surface area (Å²) in [6, 6.07) is 34.7. The number of aromatic nitrogens is 1. The monoisotopic (exact) mass is 445 g/mol. The summed E-state index contributed by atoms with van der Waals surface area (Å²) >= 11 is 2.40. The van der Waals surface area contributed by atoms with Gasteiger partial charge in [-0.3, -0.25) is 0 Å². The highest BCUT2D eigenvalue weighted by Gasteiger charge is 2.13. The van der Waals surface area contributed by atoms with E-state index < -0.39 is 0 Å². The quantitative estimate of drug-likeness (QED) is 0.257. The van der Waals surface area contributed by atoms with E-state index in [9.17, 15) is 0 Å². The lowest BCUT2D eigenvalue weighted by molar-refractivity contribution is 1.18. The molecule has 0 radical (unpaired) electrons. The Bertz CT molecular complexity index is 1220. The van der Waals surface area contributed by atoms with E-state index in [-0.39, 0.29) is 0 Å². The van der Waals surface area contributed by atoms with Crippen LogP contribution in [0.15, 0.2) is 97.1 Å². The van der Waals surface area contributed by atoms with Crippen LogP contribution in [0, 0.1) is 3.57 Å². The first-order valence-electron chi connectivity index (χ1n) is 8.66. The fourth-order valence-corrected chi connectivity index (χ4v) is 4.15. The Kier molecular flexibility index (Phi) is 3.79. The van der Waals surface area contributed by atoms with Crippen LogP contribution in [0.4, 0.5) is 0 Å². The van der Waals surface area contributed by atoms with Crippen molar-refractivity contribution in [2.75, 3.05) is 0 Å². The number of fused-ring (bicyclic) bond motifs is 3. The van der Waals surface area contributed by atoms with Crippen LogP contribution in [0.2, 0.25) is 0 Å². The molecule has 0 atom stereocenters. The lowest BCUT2D eigenvalue weighted by atomic mass is 10.0. The summed E-state index contributed by atoms with van der Waals surface area (Å²) in [7, 11) is 0. The Labute approximate surface area is 166 Å². The summed E-state index contributed by atoms with van der Waals surface area (Å²) in [5.74, 6) is 0. The molecule has 26 heavy (non-hydrogen) atoms. The van der Waals surface area contributed by atoms with E-state index in [2.05, 4.69) is 124 Å². The minimum absolute atomic E-state index is 1.20. The second kappa shape index (κ2) is 6.29. The predicted molar refractivity (Wildman–Crippen MR) is 119 cm³/mol. The molecule has 1 heterocycles. The maximum absolute atomic E-state index is 2.40. The van der Waals surface area contributed by atoms with E-state index in [4.69, 9.17) is 0 Å². The molecular formula is C24H16IN. The zero-order valence-electron chi connectivity index (χ0n) is 14.1. The number of halogens is 1. The molecule has 0 spiro atoms. The van der Waals surface area contributed by atoms with E-state index in [1.54, 1.807) is 0 Å². The molecule has 5 aromatic rings. The van der Waals surface area contributed by atoms with Crippen molar-refractivity contribution in [2.24, 2.45) is 0 Å². The Balaban J connectivity index is 1.87. The molecule has 0 aliphatic carbocycles. The van der Waals surface area contributed by atoms with E-state index in [1.807, 2.05) is 0 Å². The first kappa shape index (κ1) is 15.6. The molecule has 5 rings (SSSR count). The smallest absolute Gasteiger partial charge is 0.0541 e. The van der Waals surface area contributed by atoms with Crippen molar-refractivity contribution in [2.45, 2.75) is 0 Å². The van der Waals surface area contributed by atoms with Gasteiger partial charge in [-0.25, -0.2) is 0 Å². The van der Waals surface area contributed by atoms with Crippen molar-refractivity contribution in [3.8, 4) is 16.8 Å². The van der Waals surface area contributed by atoms with Crippen LogP contribution in [0.3, 0.4) is 0 Å². The average molecular weight is 445 g/mol. The number of benzene rings is 4. The molecule has 1 aromatic heterocycles. The molecule has 0 saturated carbocycles. The Morgan fingerprint density at radius 3 is 1.88 bits per heavy atom. The Morgan fingerprint density at radius 2 is 1.15 bits per heavy atom. The van der Waals surface area contributed by atoms with Crippen LogP contribution in [-0.2, 0) is 0 Å². The fraction of sp³-hybridized carbons (Fsp3) is 0. The van der Waals surface area contributed by atoms with Crippen LogP contribution in [-0.4, -0.2) is 4.57 Å². The molecule has 0 fully saturated rings. The standard InChI is InChI=1S/C24H16IN/c25-19-12-14-24-22(16-19)21-15-18(17-7-3-1-4-8-17)11-13-23(21)26(24)20-9-5-2-6-10-20/h1-16H. The molecule has 0 aliphatic heterocycles. The summed E-state index contributed by atoms with van der Waals surface area (Å²) < 4.78 is 3.61. The largest absolute Gasteiger partial charge is 0.309 e. The van der Waals surface area contributed by atoms with Gasteiger partial charge in [-0.1, -0.05) is 54.6 Å². The molecule has 0 bridgehead atoms. The highest BCUT2D eigenvalue weighted by molar-refractivity contribution is 14.1. The molecule has 124 valence electrons. The van der Waals surface area contributed by atoms with Gasteiger partial charge in [0, 0.05) is 20.0 Å². The van der Waals surface area contributed by atoms with E-state index in [1.165, 1.54) is 42.2 Å². The van der Waals surface area contributed by atoms with Crippen LogP contribution < -0.4 is 0 Å². The summed E-state index contributed by atoms with van der Waals surface area (Å²) in [4.78, 5) is 0. The third-order valence-electron chi connectivity index (χ3n) is 4.85. The minimum atomic E-state index is 1.20. The van der Waals surface area contributed by atoms with Crippen molar-refractivity contribution in [3.05, 3.63) is 101 Å². The van der Waals surface area contributed by atoms with Gasteiger partial charge in [-0.05, 0) is 76.2 Å². The molecule has 0 amide bonds. The van der Waals surface area contributed by atoms with Crippen LogP contribution in [0.1, 0.15) is 0 Å². The topological polar surface area (TPSA) is 4.93 Å². The molecule has 0 N–H and O–H groups in total. The van der Waals surface area contributed by atoms with Gasteiger partial charge in [0.2, 0.25) is 0 Å². The number of hydrogen-bond acceptors (Lipinski definition) is 0. The molecule has 4 aromatic carbocycles. The van der Waals surface area contributed by atoms with Crippen LogP contribution in [0.25, 0.3) is 38.6 Å². The van der Waals surface area contributed by atoms with Gasteiger partial charge < -0.3 is 4.57 Å². The van der Waals surface area contributed by atoms with Crippen molar-refractivity contribution in [1.82, 2.24) is 4.57 Å². The number of hydrogen-bond donors (Lipinski definition) is 0. The van der Waals surface area contributed by atoms with E-state index >= 15 is 0 Å². The van der Waals surface area contributed by atoms with Crippen LogP contribution in [0.5, 0.6) is 0 Å². The molecule has 0 saturated heterocycles. The zero-order valence-corrected chi connectivity index (χ0v) is 16.2. The summed E-state index contributed by atoms with van der Waals surface area (Å²) in [5.41, 5.74) is 6.19. The van der Waals surface area contributed by atoms with Gasteiger partial charge >= 0.3 is 0 Å².